The molecule has 35 heavy (non-hydrogen) atoms. The maximum Gasteiger partial charge on any atom is 0.266 e. The molecule has 0 bridgehead atoms. The van der Waals surface area contributed by atoms with Gasteiger partial charge < -0.3 is 20.1 Å². The fourth-order valence-electron chi connectivity index (χ4n) is 3.04. The molecular formula is C26H21Cl2N3O4. The molecule has 0 aliphatic rings. The van der Waals surface area contributed by atoms with Crippen LogP contribution < -0.4 is 20.1 Å². The van der Waals surface area contributed by atoms with E-state index < -0.39 is 11.8 Å². The third-order valence-corrected chi connectivity index (χ3v) is 5.44. The summed E-state index contributed by atoms with van der Waals surface area (Å²) in [5.41, 5.74) is 2.52. The standard InChI is InChI=1S/C26H21Cl2N3O4/c1-16-4-3-5-19(10-16)31-26(33)18(14-29)11-17-6-9-23(24(12-17)34-2)35-15-25(32)30-20-7-8-21(27)22(28)13-20/h3-13H,15H2,1-2H3,(H,30,32)(H,31,33)/b18-11+. The van der Waals surface area contributed by atoms with Crippen molar-refractivity contribution in [1.82, 2.24) is 0 Å². The van der Waals surface area contributed by atoms with Crippen LogP contribution in [0, 0.1) is 18.3 Å². The molecule has 0 fully saturated rings. The Balaban J connectivity index is 1.67. The molecular weight excluding hydrogens is 489 g/mol. The fraction of sp³-hybridized carbons (Fsp3) is 0.115. The van der Waals surface area contributed by atoms with Crippen molar-refractivity contribution in [2.24, 2.45) is 0 Å². The van der Waals surface area contributed by atoms with Crippen molar-refractivity contribution >= 4 is 52.5 Å². The first kappa shape index (κ1) is 25.6. The molecule has 9 heteroatoms. The van der Waals surface area contributed by atoms with Crippen LogP contribution in [-0.2, 0) is 9.59 Å². The highest BCUT2D eigenvalue weighted by atomic mass is 35.5. The minimum Gasteiger partial charge on any atom is -0.493 e. The second kappa shape index (κ2) is 11.9. The van der Waals surface area contributed by atoms with E-state index in [2.05, 4.69) is 10.6 Å². The number of halogens is 2. The first-order valence-corrected chi connectivity index (χ1v) is 11.1. The summed E-state index contributed by atoms with van der Waals surface area (Å²) in [5, 5.41) is 15.5. The lowest BCUT2D eigenvalue weighted by Gasteiger charge is -2.12. The van der Waals surface area contributed by atoms with Crippen LogP contribution in [0.1, 0.15) is 11.1 Å². The summed E-state index contributed by atoms with van der Waals surface area (Å²) in [7, 11) is 1.45. The van der Waals surface area contributed by atoms with E-state index >= 15 is 0 Å². The molecule has 0 aliphatic heterocycles. The van der Waals surface area contributed by atoms with Gasteiger partial charge in [0.25, 0.3) is 11.8 Å². The van der Waals surface area contributed by atoms with Crippen LogP contribution in [0.4, 0.5) is 11.4 Å². The van der Waals surface area contributed by atoms with E-state index in [1.165, 1.54) is 19.3 Å². The van der Waals surface area contributed by atoms with Gasteiger partial charge in [-0.1, -0.05) is 41.4 Å². The van der Waals surface area contributed by atoms with Crippen molar-refractivity contribution in [2.45, 2.75) is 6.92 Å². The first-order chi connectivity index (χ1) is 16.8. The Kier molecular flexibility index (Phi) is 8.74. The normalized spacial score (nSPS) is 10.8. The van der Waals surface area contributed by atoms with Gasteiger partial charge in [0.1, 0.15) is 11.6 Å². The number of aryl methyl sites for hydroxylation is 1. The van der Waals surface area contributed by atoms with Gasteiger partial charge in [-0.05, 0) is 66.6 Å². The van der Waals surface area contributed by atoms with E-state index in [0.717, 1.165) is 5.56 Å². The Morgan fingerprint density at radius 1 is 0.971 bits per heavy atom. The molecule has 0 saturated heterocycles. The average molecular weight is 510 g/mol. The van der Waals surface area contributed by atoms with E-state index in [1.807, 2.05) is 25.1 Å². The van der Waals surface area contributed by atoms with Gasteiger partial charge in [-0.3, -0.25) is 9.59 Å². The predicted molar refractivity (Wildman–Crippen MR) is 137 cm³/mol. The predicted octanol–water partition coefficient (Wildman–Crippen LogP) is 5.87. The van der Waals surface area contributed by atoms with Crippen LogP contribution in [0.15, 0.2) is 66.2 Å². The van der Waals surface area contributed by atoms with Gasteiger partial charge in [-0.2, -0.15) is 5.26 Å². The molecule has 2 N–H and O–H groups in total. The number of methoxy groups -OCH3 is 1. The molecule has 0 heterocycles. The zero-order chi connectivity index (χ0) is 25.4. The number of nitriles is 1. The van der Waals surface area contributed by atoms with Gasteiger partial charge in [0.2, 0.25) is 0 Å². The zero-order valence-corrected chi connectivity index (χ0v) is 20.4. The summed E-state index contributed by atoms with van der Waals surface area (Å²) in [6, 6.07) is 18.7. The van der Waals surface area contributed by atoms with Gasteiger partial charge in [0.15, 0.2) is 18.1 Å². The third kappa shape index (κ3) is 7.24. The lowest BCUT2D eigenvalue weighted by Crippen LogP contribution is -2.20. The number of carbonyl (C=O) groups is 2. The molecule has 2 amide bonds. The number of carbonyl (C=O) groups excluding carboxylic acids is 2. The fourth-order valence-corrected chi connectivity index (χ4v) is 3.34. The summed E-state index contributed by atoms with van der Waals surface area (Å²) in [6.45, 7) is 1.62. The number of benzene rings is 3. The minimum absolute atomic E-state index is 0.0803. The number of rotatable bonds is 8. The summed E-state index contributed by atoms with van der Waals surface area (Å²) < 4.78 is 10.9. The van der Waals surface area contributed by atoms with Crippen molar-refractivity contribution in [3.05, 3.63) is 87.4 Å². The summed E-state index contributed by atoms with van der Waals surface area (Å²) in [5.74, 6) is -0.292. The van der Waals surface area contributed by atoms with Gasteiger partial charge in [0, 0.05) is 11.4 Å². The van der Waals surface area contributed by atoms with Crippen molar-refractivity contribution in [3.8, 4) is 17.6 Å². The number of anilines is 2. The highest BCUT2D eigenvalue weighted by Gasteiger charge is 2.13. The van der Waals surface area contributed by atoms with E-state index in [-0.39, 0.29) is 12.2 Å². The van der Waals surface area contributed by atoms with Crippen molar-refractivity contribution < 1.29 is 19.1 Å². The topological polar surface area (TPSA) is 100 Å². The maximum atomic E-state index is 12.5. The molecule has 0 unspecified atom stereocenters. The van der Waals surface area contributed by atoms with Gasteiger partial charge >= 0.3 is 0 Å². The Morgan fingerprint density at radius 3 is 2.43 bits per heavy atom. The van der Waals surface area contributed by atoms with Gasteiger partial charge in [-0.25, -0.2) is 0 Å². The number of amides is 2. The largest absolute Gasteiger partial charge is 0.493 e. The lowest BCUT2D eigenvalue weighted by molar-refractivity contribution is -0.118. The molecule has 7 nitrogen and oxygen atoms in total. The molecule has 0 aromatic heterocycles. The van der Waals surface area contributed by atoms with Crippen molar-refractivity contribution in [2.75, 3.05) is 24.4 Å². The van der Waals surface area contributed by atoms with Crippen molar-refractivity contribution in [1.29, 1.82) is 5.26 Å². The Morgan fingerprint density at radius 2 is 1.74 bits per heavy atom. The molecule has 3 aromatic rings. The van der Waals surface area contributed by atoms with Crippen LogP contribution >= 0.6 is 23.2 Å². The first-order valence-electron chi connectivity index (χ1n) is 10.3. The van der Waals surface area contributed by atoms with Crippen LogP contribution in [-0.4, -0.2) is 25.5 Å². The lowest BCUT2D eigenvalue weighted by atomic mass is 10.1. The van der Waals surface area contributed by atoms with E-state index in [9.17, 15) is 14.9 Å². The molecule has 0 atom stereocenters. The van der Waals surface area contributed by atoms with E-state index in [4.69, 9.17) is 32.7 Å². The van der Waals surface area contributed by atoms with Crippen LogP contribution in [0.2, 0.25) is 10.0 Å². The molecule has 3 aromatic carbocycles. The molecule has 0 spiro atoms. The molecule has 178 valence electrons. The molecule has 0 radical (unpaired) electrons. The molecule has 0 saturated carbocycles. The second-order valence-electron chi connectivity index (χ2n) is 7.37. The minimum atomic E-state index is -0.531. The van der Waals surface area contributed by atoms with Gasteiger partial charge in [0.05, 0.1) is 17.2 Å². The number of ether oxygens (including phenoxy) is 2. The third-order valence-electron chi connectivity index (χ3n) is 4.70. The van der Waals surface area contributed by atoms with E-state index in [1.54, 1.807) is 42.5 Å². The smallest absolute Gasteiger partial charge is 0.266 e. The highest BCUT2D eigenvalue weighted by molar-refractivity contribution is 6.42. The number of hydrogen-bond donors (Lipinski definition) is 2. The Hall–Kier alpha value is -3.99. The monoisotopic (exact) mass is 509 g/mol. The SMILES string of the molecule is COc1cc(/C=C(\C#N)C(=O)Nc2cccc(C)c2)ccc1OCC(=O)Nc1ccc(Cl)c(Cl)c1. The van der Waals surface area contributed by atoms with Crippen LogP contribution in [0.5, 0.6) is 11.5 Å². The quantitative estimate of drug-likeness (QED) is 0.292. The average Bonchev–Trinajstić information content (AvgIpc) is 2.83. The molecule has 0 aliphatic carbocycles. The summed E-state index contributed by atoms with van der Waals surface area (Å²) >= 11 is 11.8. The summed E-state index contributed by atoms with van der Waals surface area (Å²) in [4.78, 5) is 24.8. The summed E-state index contributed by atoms with van der Waals surface area (Å²) in [6.07, 6.45) is 1.44. The number of nitrogens with zero attached hydrogens (tertiary/aromatic N) is 1. The van der Waals surface area contributed by atoms with Crippen LogP contribution in [0.3, 0.4) is 0 Å². The van der Waals surface area contributed by atoms with Crippen LogP contribution in [0.25, 0.3) is 6.08 Å². The highest BCUT2D eigenvalue weighted by Crippen LogP contribution is 2.29. The number of hydrogen-bond acceptors (Lipinski definition) is 5. The zero-order valence-electron chi connectivity index (χ0n) is 18.9. The second-order valence-corrected chi connectivity index (χ2v) is 8.18. The van der Waals surface area contributed by atoms with Gasteiger partial charge in [-0.15, -0.1) is 0 Å². The maximum absolute atomic E-state index is 12.5. The van der Waals surface area contributed by atoms with Crippen molar-refractivity contribution in [3.63, 3.8) is 0 Å². The molecule has 3 rings (SSSR count). The number of nitrogens with one attached hydrogen (secondary N) is 2. The van der Waals surface area contributed by atoms with E-state index in [0.29, 0.717) is 38.5 Å². The Bertz CT molecular complexity index is 1330. The Labute approximate surface area is 212 Å².